The summed E-state index contributed by atoms with van der Waals surface area (Å²) >= 11 is 6.06. The summed E-state index contributed by atoms with van der Waals surface area (Å²) in [4.78, 5) is 11.5. The van der Waals surface area contributed by atoms with E-state index < -0.39 is 0 Å². The highest BCUT2D eigenvalue weighted by Crippen LogP contribution is 2.17. The summed E-state index contributed by atoms with van der Waals surface area (Å²) in [6, 6.07) is 7.69. The Kier molecular flexibility index (Phi) is 3.80. The van der Waals surface area contributed by atoms with Crippen molar-refractivity contribution in [1.82, 2.24) is 10.6 Å². The van der Waals surface area contributed by atoms with Gasteiger partial charge in [0.2, 0.25) is 5.91 Å². The van der Waals surface area contributed by atoms with Crippen LogP contribution in [0.15, 0.2) is 24.3 Å². The SMILES string of the molecule is O=C1NCCNC1CCc1ccccc1Cl. The maximum atomic E-state index is 11.5. The quantitative estimate of drug-likeness (QED) is 0.835. The molecule has 1 aliphatic heterocycles. The Labute approximate surface area is 100 Å². The minimum atomic E-state index is -0.0787. The first-order valence-corrected chi connectivity index (χ1v) is 5.89. The molecule has 1 unspecified atom stereocenters. The second kappa shape index (κ2) is 5.32. The number of benzene rings is 1. The van der Waals surface area contributed by atoms with Crippen LogP contribution in [0.4, 0.5) is 0 Å². The predicted molar refractivity (Wildman–Crippen MR) is 64.6 cm³/mol. The molecule has 1 amide bonds. The summed E-state index contributed by atoms with van der Waals surface area (Å²) in [5.41, 5.74) is 1.10. The summed E-state index contributed by atoms with van der Waals surface area (Å²) < 4.78 is 0. The fraction of sp³-hybridized carbons (Fsp3) is 0.417. The highest BCUT2D eigenvalue weighted by Gasteiger charge is 2.20. The Morgan fingerprint density at radius 2 is 2.12 bits per heavy atom. The van der Waals surface area contributed by atoms with Crippen molar-refractivity contribution in [2.45, 2.75) is 18.9 Å². The molecule has 2 rings (SSSR count). The van der Waals surface area contributed by atoms with Crippen LogP contribution < -0.4 is 10.6 Å². The van der Waals surface area contributed by atoms with Gasteiger partial charge in [0.1, 0.15) is 0 Å². The summed E-state index contributed by atoms with van der Waals surface area (Å²) in [7, 11) is 0. The molecule has 1 aliphatic rings. The molecule has 16 heavy (non-hydrogen) atoms. The first kappa shape index (κ1) is 11.4. The molecular formula is C12H15ClN2O. The van der Waals surface area contributed by atoms with Crippen LogP contribution in [0.25, 0.3) is 0 Å². The summed E-state index contributed by atoms with van der Waals surface area (Å²) in [5, 5.41) is 6.83. The lowest BCUT2D eigenvalue weighted by atomic mass is 10.0. The zero-order chi connectivity index (χ0) is 11.4. The van der Waals surface area contributed by atoms with Crippen molar-refractivity contribution in [3.05, 3.63) is 34.9 Å². The second-order valence-electron chi connectivity index (χ2n) is 3.93. The maximum Gasteiger partial charge on any atom is 0.237 e. The molecule has 1 heterocycles. The van der Waals surface area contributed by atoms with Crippen LogP contribution >= 0.6 is 11.6 Å². The Hall–Kier alpha value is -1.06. The normalized spacial score (nSPS) is 20.6. The molecule has 0 bridgehead atoms. The van der Waals surface area contributed by atoms with Crippen LogP contribution in [0, 0.1) is 0 Å². The van der Waals surface area contributed by atoms with E-state index in [0.717, 1.165) is 36.5 Å². The smallest absolute Gasteiger partial charge is 0.237 e. The molecule has 2 N–H and O–H groups in total. The highest BCUT2D eigenvalue weighted by molar-refractivity contribution is 6.31. The average molecular weight is 239 g/mol. The maximum absolute atomic E-state index is 11.5. The first-order chi connectivity index (χ1) is 7.77. The van der Waals surface area contributed by atoms with Gasteiger partial charge in [-0.1, -0.05) is 29.8 Å². The number of piperazine rings is 1. The lowest BCUT2D eigenvalue weighted by Crippen LogP contribution is -2.52. The van der Waals surface area contributed by atoms with Crippen LogP contribution in [0.3, 0.4) is 0 Å². The zero-order valence-corrected chi connectivity index (χ0v) is 9.76. The van der Waals surface area contributed by atoms with Gasteiger partial charge in [-0.05, 0) is 24.5 Å². The summed E-state index contributed by atoms with van der Waals surface area (Å²) in [6.07, 6.45) is 1.61. The third kappa shape index (κ3) is 2.74. The van der Waals surface area contributed by atoms with Gasteiger partial charge in [-0.2, -0.15) is 0 Å². The van der Waals surface area contributed by atoms with E-state index in [-0.39, 0.29) is 11.9 Å². The van der Waals surface area contributed by atoms with Gasteiger partial charge in [-0.3, -0.25) is 4.79 Å². The van der Waals surface area contributed by atoms with Gasteiger partial charge in [-0.15, -0.1) is 0 Å². The third-order valence-corrected chi connectivity index (χ3v) is 3.16. The first-order valence-electron chi connectivity index (χ1n) is 5.52. The largest absolute Gasteiger partial charge is 0.353 e. The Balaban J connectivity index is 1.92. The van der Waals surface area contributed by atoms with Gasteiger partial charge in [0.05, 0.1) is 6.04 Å². The van der Waals surface area contributed by atoms with Crippen LogP contribution in [0.2, 0.25) is 5.02 Å². The molecule has 1 aromatic carbocycles. The van der Waals surface area contributed by atoms with Gasteiger partial charge in [0, 0.05) is 18.1 Å². The number of hydrogen-bond donors (Lipinski definition) is 2. The molecule has 0 radical (unpaired) electrons. The number of nitrogens with one attached hydrogen (secondary N) is 2. The minimum Gasteiger partial charge on any atom is -0.353 e. The van der Waals surface area contributed by atoms with E-state index in [1.54, 1.807) is 0 Å². The summed E-state index contributed by atoms with van der Waals surface area (Å²) in [5.74, 6) is 0.0957. The number of rotatable bonds is 3. The zero-order valence-electron chi connectivity index (χ0n) is 9.00. The van der Waals surface area contributed by atoms with Crippen molar-refractivity contribution >= 4 is 17.5 Å². The van der Waals surface area contributed by atoms with E-state index in [0.29, 0.717) is 0 Å². The van der Waals surface area contributed by atoms with Crippen molar-refractivity contribution in [1.29, 1.82) is 0 Å². The molecule has 3 nitrogen and oxygen atoms in total. The second-order valence-corrected chi connectivity index (χ2v) is 4.34. The number of carbonyl (C=O) groups is 1. The number of amides is 1. The highest BCUT2D eigenvalue weighted by atomic mass is 35.5. The number of hydrogen-bond acceptors (Lipinski definition) is 2. The monoisotopic (exact) mass is 238 g/mol. The molecule has 1 atom stereocenters. The van der Waals surface area contributed by atoms with E-state index in [9.17, 15) is 4.79 Å². The molecule has 4 heteroatoms. The number of aryl methyl sites for hydroxylation is 1. The number of halogens is 1. The fourth-order valence-electron chi connectivity index (χ4n) is 1.88. The molecule has 0 aromatic heterocycles. The van der Waals surface area contributed by atoms with Crippen LogP contribution in [-0.4, -0.2) is 25.0 Å². The standard InChI is InChI=1S/C12H15ClN2O/c13-10-4-2-1-3-9(10)5-6-11-12(16)15-8-7-14-11/h1-4,11,14H,5-8H2,(H,15,16). The van der Waals surface area contributed by atoms with Crippen molar-refractivity contribution < 1.29 is 4.79 Å². The minimum absolute atomic E-state index is 0.0787. The molecule has 1 aromatic rings. The van der Waals surface area contributed by atoms with E-state index >= 15 is 0 Å². The van der Waals surface area contributed by atoms with Crippen molar-refractivity contribution in [3.8, 4) is 0 Å². The van der Waals surface area contributed by atoms with Crippen molar-refractivity contribution in [3.63, 3.8) is 0 Å². The molecule has 0 aliphatic carbocycles. The molecule has 1 fully saturated rings. The van der Waals surface area contributed by atoms with Crippen LogP contribution in [-0.2, 0) is 11.2 Å². The number of carbonyl (C=O) groups excluding carboxylic acids is 1. The van der Waals surface area contributed by atoms with Crippen molar-refractivity contribution in [2.24, 2.45) is 0 Å². The molecular weight excluding hydrogens is 224 g/mol. The molecule has 0 saturated carbocycles. The fourth-order valence-corrected chi connectivity index (χ4v) is 2.11. The van der Waals surface area contributed by atoms with Gasteiger partial charge < -0.3 is 10.6 Å². The van der Waals surface area contributed by atoms with Gasteiger partial charge in [-0.25, -0.2) is 0 Å². The van der Waals surface area contributed by atoms with Gasteiger partial charge in [0.15, 0.2) is 0 Å². The van der Waals surface area contributed by atoms with Crippen LogP contribution in [0.1, 0.15) is 12.0 Å². The van der Waals surface area contributed by atoms with E-state index in [1.165, 1.54) is 0 Å². The van der Waals surface area contributed by atoms with Gasteiger partial charge >= 0.3 is 0 Å². The Morgan fingerprint density at radius 1 is 1.31 bits per heavy atom. The summed E-state index contributed by atoms with van der Waals surface area (Å²) in [6.45, 7) is 1.57. The predicted octanol–water partition coefficient (Wildman–Crippen LogP) is 1.36. The Morgan fingerprint density at radius 3 is 2.88 bits per heavy atom. The lowest BCUT2D eigenvalue weighted by molar-refractivity contribution is -0.124. The topological polar surface area (TPSA) is 41.1 Å². The third-order valence-electron chi connectivity index (χ3n) is 2.79. The van der Waals surface area contributed by atoms with Crippen LogP contribution in [0.5, 0.6) is 0 Å². The van der Waals surface area contributed by atoms with E-state index in [4.69, 9.17) is 11.6 Å². The van der Waals surface area contributed by atoms with Gasteiger partial charge in [0.25, 0.3) is 0 Å². The average Bonchev–Trinajstić information content (AvgIpc) is 2.30. The van der Waals surface area contributed by atoms with E-state index in [1.807, 2.05) is 24.3 Å². The molecule has 0 spiro atoms. The Bertz CT molecular complexity index is 381. The molecule has 86 valence electrons. The molecule has 1 saturated heterocycles. The van der Waals surface area contributed by atoms with E-state index in [2.05, 4.69) is 10.6 Å². The lowest BCUT2D eigenvalue weighted by Gasteiger charge is -2.23. The van der Waals surface area contributed by atoms with Crippen molar-refractivity contribution in [2.75, 3.05) is 13.1 Å².